The number of para-hydroxylation sites is 1. The monoisotopic (exact) mass is 274 g/mol. The van der Waals surface area contributed by atoms with Crippen LogP contribution >= 0.6 is 11.6 Å². The predicted octanol–water partition coefficient (Wildman–Crippen LogP) is 1.91. The van der Waals surface area contributed by atoms with Gasteiger partial charge >= 0.3 is 0 Å². The zero-order valence-electron chi connectivity index (χ0n) is 9.32. The van der Waals surface area contributed by atoms with Gasteiger partial charge in [0.25, 0.3) is 0 Å². The first-order chi connectivity index (χ1) is 8.00. The van der Waals surface area contributed by atoms with E-state index in [-0.39, 0.29) is 11.0 Å². The van der Waals surface area contributed by atoms with Crippen LogP contribution in [0.15, 0.2) is 18.2 Å². The van der Waals surface area contributed by atoms with Crippen molar-refractivity contribution in [3.8, 4) is 0 Å². The number of nitrogen functional groups attached to an aromatic ring is 1. The Bertz CT molecular complexity index is 496. The zero-order chi connectivity index (χ0) is 12.5. The highest BCUT2D eigenvalue weighted by Crippen LogP contribution is 2.29. The second-order valence-corrected chi connectivity index (χ2v) is 7.02. The Morgan fingerprint density at radius 1 is 1.47 bits per heavy atom. The van der Waals surface area contributed by atoms with Crippen LogP contribution in [0.5, 0.6) is 0 Å². The Labute approximate surface area is 106 Å². The van der Waals surface area contributed by atoms with Gasteiger partial charge in [-0.25, -0.2) is 8.42 Å². The quantitative estimate of drug-likeness (QED) is 0.826. The Hall–Kier alpha value is -0.940. The lowest BCUT2D eigenvalue weighted by atomic mass is 10.2. The van der Waals surface area contributed by atoms with E-state index in [0.717, 1.165) is 6.42 Å². The van der Waals surface area contributed by atoms with Crippen molar-refractivity contribution in [3.05, 3.63) is 23.2 Å². The third-order valence-corrected chi connectivity index (χ3v) is 5.61. The van der Waals surface area contributed by atoms with E-state index in [1.54, 1.807) is 18.2 Å². The molecule has 1 unspecified atom stereocenters. The molecule has 1 saturated heterocycles. The summed E-state index contributed by atoms with van der Waals surface area (Å²) in [6.45, 7) is 0.371. The topological polar surface area (TPSA) is 72.2 Å². The van der Waals surface area contributed by atoms with Crippen LogP contribution in [-0.4, -0.2) is 26.0 Å². The minimum atomic E-state index is -2.93. The van der Waals surface area contributed by atoms with Crippen molar-refractivity contribution in [2.75, 3.05) is 23.3 Å². The Kier molecular flexibility index (Phi) is 3.49. The van der Waals surface area contributed by atoms with E-state index in [1.807, 2.05) is 0 Å². The summed E-state index contributed by atoms with van der Waals surface area (Å²) in [6.07, 6.45) is 1.45. The number of hydrogen-bond acceptors (Lipinski definition) is 4. The predicted molar refractivity (Wildman–Crippen MR) is 71.2 cm³/mol. The summed E-state index contributed by atoms with van der Waals surface area (Å²) in [5.41, 5.74) is 6.93. The molecule has 0 radical (unpaired) electrons. The summed E-state index contributed by atoms with van der Waals surface area (Å²) in [7, 11) is -2.93. The first-order valence-electron chi connectivity index (χ1n) is 5.50. The molecule has 1 heterocycles. The van der Waals surface area contributed by atoms with Crippen LogP contribution in [0.25, 0.3) is 0 Å². The normalized spacial score (nSPS) is 22.5. The smallest absolute Gasteiger partial charge is 0.154 e. The molecule has 2 rings (SSSR count). The van der Waals surface area contributed by atoms with Crippen LogP contribution in [0.1, 0.15) is 12.8 Å². The van der Waals surface area contributed by atoms with Gasteiger partial charge < -0.3 is 11.1 Å². The molecule has 1 aromatic carbocycles. The Balaban J connectivity index is 2.08. The molecule has 1 atom stereocenters. The highest BCUT2D eigenvalue weighted by atomic mass is 35.5. The van der Waals surface area contributed by atoms with Gasteiger partial charge in [-0.1, -0.05) is 17.7 Å². The van der Waals surface area contributed by atoms with Crippen LogP contribution in [0.3, 0.4) is 0 Å². The van der Waals surface area contributed by atoms with Crippen molar-refractivity contribution in [2.45, 2.75) is 18.1 Å². The minimum absolute atomic E-state index is 0.289. The van der Waals surface area contributed by atoms with Crippen molar-refractivity contribution >= 4 is 32.8 Å². The Morgan fingerprint density at radius 2 is 2.24 bits per heavy atom. The highest BCUT2D eigenvalue weighted by Gasteiger charge is 2.31. The molecule has 0 spiro atoms. The van der Waals surface area contributed by atoms with E-state index in [4.69, 9.17) is 17.3 Å². The lowest BCUT2D eigenvalue weighted by molar-refractivity contribution is 0.591. The molecule has 1 aliphatic heterocycles. The average molecular weight is 275 g/mol. The van der Waals surface area contributed by atoms with Crippen LogP contribution in [-0.2, 0) is 9.84 Å². The SMILES string of the molecule is Nc1cccc(Cl)c1NCC1CCCS1(=O)=O. The van der Waals surface area contributed by atoms with Gasteiger partial charge in [0.15, 0.2) is 9.84 Å². The molecule has 3 N–H and O–H groups in total. The number of rotatable bonds is 3. The van der Waals surface area contributed by atoms with Gasteiger partial charge in [0.1, 0.15) is 0 Å². The fourth-order valence-electron chi connectivity index (χ4n) is 2.03. The lowest BCUT2D eigenvalue weighted by Gasteiger charge is -2.14. The molecule has 0 bridgehead atoms. The van der Waals surface area contributed by atoms with E-state index >= 15 is 0 Å². The number of halogens is 1. The van der Waals surface area contributed by atoms with Crippen molar-refractivity contribution in [2.24, 2.45) is 0 Å². The highest BCUT2D eigenvalue weighted by molar-refractivity contribution is 7.92. The van der Waals surface area contributed by atoms with Crippen molar-refractivity contribution in [1.82, 2.24) is 0 Å². The summed E-state index contributed by atoms with van der Waals surface area (Å²) in [5.74, 6) is 0.289. The molecular weight excluding hydrogens is 260 g/mol. The molecule has 4 nitrogen and oxygen atoms in total. The number of hydrogen-bond donors (Lipinski definition) is 2. The van der Waals surface area contributed by atoms with Crippen LogP contribution in [0.4, 0.5) is 11.4 Å². The summed E-state index contributed by atoms with van der Waals surface area (Å²) >= 11 is 5.99. The van der Waals surface area contributed by atoms with Gasteiger partial charge in [0.05, 0.1) is 27.4 Å². The largest absolute Gasteiger partial charge is 0.397 e. The maximum atomic E-state index is 11.6. The van der Waals surface area contributed by atoms with E-state index < -0.39 is 9.84 Å². The van der Waals surface area contributed by atoms with Gasteiger partial charge in [-0.2, -0.15) is 0 Å². The van der Waals surface area contributed by atoms with E-state index in [9.17, 15) is 8.42 Å². The third-order valence-electron chi connectivity index (χ3n) is 3.02. The molecule has 6 heteroatoms. The molecule has 94 valence electrons. The number of nitrogens with one attached hydrogen (secondary N) is 1. The van der Waals surface area contributed by atoms with Gasteiger partial charge in [0.2, 0.25) is 0 Å². The second kappa shape index (κ2) is 4.74. The fourth-order valence-corrected chi connectivity index (χ4v) is 4.04. The molecule has 1 aromatic rings. The number of nitrogens with two attached hydrogens (primary N) is 1. The van der Waals surface area contributed by atoms with Crippen LogP contribution in [0, 0.1) is 0 Å². The van der Waals surface area contributed by atoms with Crippen molar-refractivity contribution in [3.63, 3.8) is 0 Å². The van der Waals surface area contributed by atoms with Gasteiger partial charge in [-0.05, 0) is 25.0 Å². The second-order valence-electron chi connectivity index (χ2n) is 4.22. The molecule has 1 aliphatic rings. The number of sulfone groups is 1. The van der Waals surface area contributed by atoms with Gasteiger partial charge in [0, 0.05) is 6.54 Å². The average Bonchev–Trinajstić information content (AvgIpc) is 2.57. The van der Waals surface area contributed by atoms with Gasteiger partial charge in [-0.15, -0.1) is 0 Å². The summed E-state index contributed by atoms with van der Waals surface area (Å²) in [4.78, 5) is 0. The summed E-state index contributed by atoms with van der Waals surface area (Å²) < 4.78 is 23.3. The molecule has 17 heavy (non-hydrogen) atoms. The van der Waals surface area contributed by atoms with Crippen molar-refractivity contribution in [1.29, 1.82) is 0 Å². The summed E-state index contributed by atoms with van der Waals surface area (Å²) in [5, 5.41) is 3.24. The maximum Gasteiger partial charge on any atom is 0.154 e. The van der Waals surface area contributed by atoms with Crippen LogP contribution < -0.4 is 11.1 Å². The van der Waals surface area contributed by atoms with E-state index in [1.165, 1.54) is 0 Å². The molecule has 0 saturated carbocycles. The number of benzene rings is 1. The lowest BCUT2D eigenvalue weighted by Crippen LogP contribution is -2.25. The first-order valence-corrected chi connectivity index (χ1v) is 7.59. The fraction of sp³-hybridized carbons (Fsp3) is 0.455. The summed E-state index contributed by atoms with van der Waals surface area (Å²) in [6, 6.07) is 5.22. The molecule has 0 aromatic heterocycles. The molecule has 0 amide bonds. The molecule has 1 fully saturated rings. The van der Waals surface area contributed by atoms with E-state index in [0.29, 0.717) is 29.4 Å². The third kappa shape index (κ3) is 2.66. The molecular formula is C11H15ClN2O2S. The van der Waals surface area contributed by atoms with Gasteiger partial charge in [-0.3, -0.25) is 0 Å². The minimum Gasteiger partial charge on any atom is -0.397 e. The van der Waals surface area contributed by atoms with E-state index in [2.05, 4.69) is 5.32 Å². The maximum absolute atomic E-state index is 11.6. The van der Waals surface area contributed by atoms with Crippen LogP contribution in [0.2, 0.25) is 5.02 Å². The molecule has 0 aliphatic carbocycles. The number of anilines is 2. The zero-order valence-corrected chi connectivity index (χ0v) is 10.9. The first kappa shape index (κ1) is 12.5. The standard InChI is InChI=1S/C11H15ClN2O2S/c12-9-4-1-5-10(13)11(9)14-7-8-3-2-6-17(8,15)16/h1,4-5,8,14H,2-3,6-7,13H2. The Morgan fingerprint density at radius 3 is 2.82 bits per heavy atom. The van der Waals surface area contributed by atoms with Crippen molar-refractivity contribution < 1.29 is 8.42 Å².